The third kappa shape index (κ3) is 13.2. The van der Waals surface area contributed by atoms with E-state index in [9.17, 15) is 4.79 Å². The average Bonchev–Trinajstić information content (AvgIpc) is 2.85. The van der Waals surface area contributed by atoms with E-state index in [0.717, 1.165) is 17.7 Å². The molecule has 6 heteroatoms. The number of ether oxygens (including phenoxy) is 2. The van der Waals surface area contributed by atoms with Gasteiger partial charge in [-0.25, -0.2) is 4.57 Å². The molecule has 0 unspecified atom stereocenters. The number of aromatic nitrogens is 1. The molecule has 0 spiro atoms. The normalized spacial score (nSPS) is 10.5. The van der Waals surface area contributed by atoms with Crippen LogP contribution in [0, 0.1) is 0 Å². The van der Waals surface area contributed by atoms with Crippen LogP contribution in [0.4, 0.5) is 0 Å². The third-order valence-corrected chi connectivity index (χ3v) is 6.14. The van der Waals surface area contributed by atoms with Crippen LogP contribution < -0.4 is 43.3 Å². The molecule has 0 fully saturated rings. The molecule has 0 aliphatic rings. The van der Waals surface area contributed by atoms with Crippen molar-refractivity contribution in [2.24, 2.45) is 7.05 Å². The SMILES string of the molecule is CCCCCCCCCCCCCCOc1ccc(CNC(=O)c2ccc[n+](C)c2)cc1OC.[I-]. The van der Waals surface area contributed by atoms with Crippen molar-refractivity contribution < 1.29 is 42.8 Å². The van der Waals surface area contributed by atoms with Crippen molar-refractivity contribution in [3.63, 3.8) is 0 Å². The minimum Gasteiger partial charge on any atom is -1.00 e. The Balaban J connectivity index is 0.00000612. The van der Waals surface area contributed by atoms with Gasteiger partial charge < -0.3 is 38.8 Å². The molecule has 1 amide bonds. The molecule has 1 aromatic carbocycles. The zero-order valence-electron chi connectivity index (χ0n) is 22.0. The number of amides is 1. The zero-order valence-corrected chi connectivity index (χ0v) is 24.1. The number of hydrogen-bond acceptors (Lipinski definition) is 3. The number of halogens is 1. The molecule has 0 saturated carbocycles. The molecule has 0 radical (unpaired) electrons. The molecule has 1 N–H and O–H groups in total. The summed E-state index contributed by atoms with van der Waals surface area (Å²) in [5, 5.41) is 2.96. The highest BCUT2D eigenvalue weighted by molar-refractivity contribution is 5.93. The van der Waals surface area contributed by atoms with E-state index in [1.807, 2.05) is 54.3 Å². The van der Waals surface area contributed by atoms with E-state index in [4.69, 9.17) is 9.47 Å². The Bertz CT molecular complexity index is 844. The number of rotatable bonds is 18. The smallest absolute Gasteiger partial charge is 0.257 e. The second kappa shape index (κ2) is 19.4. The van der Waals surface area contributed by atoms with Crippen molar-refractivity contribution >= 4 is 5.91 Å². The standard InChI is InChI=1S/C29H44N2O3.HI/c1-4-5-6-7-8-9-10-11-12-13-14-15-21-34-27-19-18-25(22-28(27)33-3)23-30-29(32)26-17-16-20-31(2)24-26;/h16-20,22,24H,4-15,21,23H2,1-3H3;1H. The lowest BCUT2D eigenvalue weighted by molar-refractivity contribution is -0.671. The second-order valence-corrected chi connectivity index (χ2v) is 9.16. The monoisotopic (exact) mass is 596 g/mol. The van der Waals surface area contributed by atoms with Gasteiger partial charge in [0.2, 0.25) is 0 Å². The van der Waals surface area contributed by atoms with E-state index in [1.54, 1.807) is 7.11 Å². The maximum absolute atomic E-state index is 12.4. The van der Waals surface area contributed by atoms with Crippen LogP contribution in [0.1, 0.15) is 99.9 Å². The van der Waals surface area contributed by atoms with Gasteiger partial charge in [-0.1, -0.05) is 83.6 Å². The zero-order chi connectivity index (χ0) is 24.4. The molecule has 35 heavy (non-hydrogen) atoms. The lowest BCUT2D eigenvalue weighted by atomic mass is 10.1. The minimum atomic E-state index is -0.0949. The fraction of sp³-hybridized carbons (Fsp3) is 0.586. The third-order valence-electron chi connectivity index (χ3n) is 6.14. The van der Waals surface area contributed by atoms with E-state index < -0.39 is 0 Å². The molecule has 5 nitrogen and oxygen atoms in total. The predicted octanol–water partition coefficient (Wildman–Crippen LogP) is 3.53. The summed E-state index contributed by atoms with van der Waals surface area (Å²) >= 11 is 0. The van der Waals surface area contributed by atoms with Gasteiger partial charge in [-0.2, -0.15) is 0 Å². The van der Waals surface area contributed by atoms with Crippen LogP contribution in [-0.2, 0) is 13.6 Å². The van der Waals surface area contributed by atoms with Crippen molar-refractivity contribution in [3.8, 4) is 11.5 Å². The number of unbranched alkanes of at least 4 members (excludes halogenated alkanes) is 11. The molecule has 0 saturated heterocycles. The maximum Gasteiger partial charge on any atom is 0.257 e. The number of nitrogens with zero attached hydrogens (tertiary/aromatic N) is 1. The molecule has 2 aromatic rings. The quantitative estimate of drug-likeness (QED) is 0.163. The van der Waals surface area contributed by atoms with Crippen LogP contribution in [0.5, 0.6) is 11.5 Å². The molecular formula is C29H45IN2O3. The van der Waals surface area contributed by atoms with Crippen LogP contribution >= 0.6 is 0 Å². The van der Waals surface area contributed by atoms with E-state index in [2.05, 4.69) is 12.2 Å². The molecule has 0 bridgehead atoms. The van der Waals surface area contributed by atoms with Gasteiger partial charge in [-0.05, 0) is 30.2 Å². The number of benzene rings is 1. The highest BCUT2D eigenvalue weighted by Gasteiger charge is 2.10. The van der Waals surface area contributed by atoms with Crippen LogP contribution in [0.2, 0.25) is 0 Å². The Morgan fingerprint density at radius 2 is 1.51 bits per heavy atom. The lowest BCUT2D eigenvalue weighted by Gasteiger charge is -2.13. The fourth-order valence-electron chi connectivity index (χ4n) is 4.07. The van der Waals surface area contributed by atoms with Gasteiger partial charge in [-0.3, -0.25) is 4.79 Å². The molecular weight excluding hydrogens is 551 g/mol. The van der Waals surface area contributed by atoms with Gasteiger partial charge >= 0.3 is 0 Å². The molecule has 196 valence electrons. The van der Waals surface area contributed by atoms with Gasteiger partial charge in [0, 0.05) is 12.6 Å². The first-order valence-corrected chi connectivity index (χ1v) is 13.2. The van der Waals surface area contributed by atoms with E-state index in [0.29, 0.717) is 24.5 Å². The van der Waals surface area contributed by atoms with Gasteiger partial charge in [0.25, 0.3) is 5.91 Å². The number of pyridine rings is 1. The summed E-state index contributed by atoms with van der Waals surface area (Å²) < 4.78 is 13.3. The van der Waals surface area contributed by atoms with Crippen molar-refractivity contribution in [3.05, 3.63) is 53.9 Å². The number of nitrogens with one attached hydrogen (secondary N) is 1. The van der Waals surface area contributed by atoms with Gasteiger partial charge in [0.15, 0.2) is 23.9 Å². The van der Waals surface area contributed by atoms with Gasteiger partial charge in [0.1, 0.15) is 12.6 Å². The first kappa shape index (κ1) is 31.2. The molecule has 2 rings (SSSR count). The van der Waals surface area contributed by atoms with Gasteiger partial charge in [-0.15, -0.1) is 0 Å². The maximum atomic E-state index is 12.4. The summed E-state index contributed by atoms with van der Waals surface area (Å²) in [6, 6.07) is 9.51. The Labute approximate surface area is 230 Å². The second-order valence-electron chi connectivity index (χ2n) is 9.16. The summed E-state index contributed by atoms with van der Waals surface area (Å²) in [5.41, 5.74) is 1.61. The Hall–Kier alpha value is -1.83. The molecule has 1 heterocycles. The van der Waals surface area contributed by atoms with E-state index >= 15 is 0 Å². The molecule has 1 aromatic heterocycles. The van der Waals surface area contributed by atoms with E-state index in [-0.39, 0.29) is 29.9 Å². The van der Waals surface area contributed by atoms with E-state index in [1.165, 1.54) is 70.6 Å². The minimum absolute atomic E-state index is 0. The highest BCUT2D eigenvalue weighted by Crippen LogP contribution is 2.28. The summed E-state index contributed by atoms with van der Waals surface area (Å²) in [6.07, 6.45) is 19.7. The summed E-state index contributed by atoms with van der Waals surface area (Å²) in [5.74, 6) is 1.37. The molecule has 0 aliphatic heterocycles. The van der Waals surface area contributed by atoms with Crippen LogP contribution in [0.15, 0.2) is 42.7 Å². The van der Waals surface area contributed by atoms with Crippen LogP contribution in [0.25, 0.3) is 0 Å². The van der Waals surface area contributed by atoms with Crippen molar-refractivity contribution in [1.29, 1.82) is 0 Å². The Kier molecular flexibility index (Phi) is 17.3. The number of aryl methyl sites for hydroxylation is 1. The van der Waals surface area contributed by atoms with Gasteiger partial charge in [0.05, 0.1) is 13.7 Å². The van der Waals surface area contributed by atoms with Crippen molar-refractivity contribution in [1.82, 2.24) is 5.32 Å². The first-order valence-electron chi connectivity index (χ1n) is 13.2. The van der Waals surface area contributed by atoms with Crippen molar-refractivity contribution in [2.45, 2.75) is 90.5 Å². The van der Waals surface area contributed by atoms with Crippen molar-refractivity contribution in [2.75, 3.05) is 13.7 Å². The lowest BCUT2D eigenvalue weighted by Crippen LogP contribution is -3.00. The average molecular weight is 597 g/mol. The fourth-order valence-corrected chi connectivity index (χ4v) is 4.07. The highest BCUT2D eigenvalue weighted by atomic mass is 127. The Morgan fingerprint density at radius 1 is 0.886 bits per heavy atom. The summed E-state index contributed by atoms with van der Waals surface area (Å²) in [7, 11) is 3.55. The predicted molar refractivity (Wildman–Crippen MR) is 138 cm³/mol. The first-order chi connectivity index (χ1) is 16.6. The number of carbonyl (C=O) groups is 1. The topological polar surface area (TPSA) is 51.4 Å². The summed E-state index contributed by atoms with van der Waals surface area (Å²) in [4.78, 5) is 12.4. The number of hydrogen-bond donors (Lipinski definition) is 1. The number of carbonyl (C=O) groups excluding carboxylic acids is 1. The Morgan fingerprint density at radius 3 is 2.11 bits per heavy atom. The largest absolute Gasteiger partial charge is 1.00 e. The van der Waals surface area contributed by atoms with Crippen LogP contribution in [0.3, 0.4) is 0 Å². The summed E-state index contributed by atoms with van der Waals surface area (Å²) in [6.45, 7) is 3.41. The molecule has 0 aliphatic carbocycles. The van der Waals surface area contributed by atoms with Crippen LogP contribution in [-0.4, -0.2) is 19.6 Å². The number of methoxy groups -OCH3 is 1. The molecule has 0 atom stereocenters.